The maximum Gasteiger partial charge on any atom is 0.262 e. The molecule has 2 aromatic rings. The molecule has 0 bridgehead atoms. The average Bonchev–Trinajstić information content (AvgIpc) is 2.45. The fraction of sp³-hybridized carbons (Fsp3) is 0.0667. The molecular formula is C15H10BrFN2O2. The van der Waals surface area contributed by atoms with Gasteiger partial charge in [0.05, 0.1) is 0 Å². The molecule has 0 radical (unpaired) electrons. The van der Waals surface area contributed by atoms with Crippen molar-refractivity contribution >= 4 is 27.5 Å². The molecule has 0 saturated carbocycles. The number of nitrogens with one attached hydrogen (secondary N) is 1. The zero-order valence-electron chi connectivity index (χ0n) is 10.8. The Hall–Kier alpha value is -2.39. The topological polar surface area (TPSA) is 62.1 Å². The van der Waals surface area contributed by atoms with Gasteiger partial charge in [0.2, 0.25) is 0 Å². The van der Waals surface area contributed by atoms with Gasteiger partial charge in [-0.1, -0.05) is 28.1 Å². The number of amides is 1. The summed E-state index contributed by atoms with van der Waals surface area (Å²) in [6.45, 7) is -0.315. The number of benzene rings is 2. The molecule has 1 N–H and O–H groups in total. The van der Waals surface area contributed by atoms with Gasteiger partial charge in [0.1, 0.15) is 23.2 Å². The Bertz CT molecular complexity index is 713. The monoisotopic (exact) mass is 348 g/mol. The quantitative estimate of drug-likeness (QED) is 0.919. The first-order valence-electron chi connectivity index (χ1n) is 5.97. The molecule has 0 atom stereocenters. The predicted octanol–water partition coefficient (Wildman–Crippen LogP) is 3.48. The van der Waals surface area contributed by atoms with Crippen molar-refractivity contribution in [1.82, 2.24) is 0 Å². The molecule has 0 aliphatic rings. The van der Waals surface area contributed by atoms with Crippen LogP contribution in [0.5, 0.6) is 5.75 Å². The summed E-state index contributed by atoms with van der Waals surface area (Å²) >= 11 is 3.29. The molecule has 0 aliphatic heterocycles. The van der Waals surface area contributed by atoms with E-state index in [1.165, 1.54) is 12.1 Å². The van der Waals surface area contributed by atoms with Crippen LogP contribution in [0, 0.1) is 17.1 Å². The Balaban J connectivity index is 1.99. The lowest BCUT2D eigenvalue weighted by molar-refractivity contribution is -0.118. The van der Waals surface area contributed by atoms with Crippen LogP contribution in [0.15, 0.2) is 46.9 Å². The summed E-state index contributed by atoms with van der Waals surface area (Å²) in [7, 11) is 0. The van der Waals surface area contributed by atoms with Crippen molar-refractivity contribution in [2.45, 2.75) is 0 Å². The summed E-state index contributed by atoms with van der Waals surface area (Å²) in [6.07, 6.45) is 0. The molecule has 21 heavy (non-hydrogen) atoms. The number of hydrogen-bond acceptors (Lipinski definition) is 3. The van der Waals surface area contributed by atoms with E-state index >= 15 is 0 Å². The van der Waals surface area contributed by atoms with Gasteiger partial charge in [-0.15, -0.1) is 0 Å². The molecule has 106 valence electrons. The lowest BCUT2D eigenvalue weighted by atomic mass is 10.2. The van der Waals surface area contributed by atoms with E-state index in [0.29, 0.717) is 5.69 Å². The summed E-state index contributed by atoms with van der Waals surface area (Å²) in [5, 5.41) is 11.5. The first-order chi connectivity index (χ1) is 10.1. The first kappa shape index (κ1) is 15.0. The number of nitriles is 1. The van der Waals surface area contributed by atoms with Crippen molar-refractivity contribution in [2.24, 2.45) is 0 Å². The number of rotatable bonds is 4. The number of hydrogen-bond donors (Lipinski definition) is 1. The predicted molar refractivity (Wildman–Crippen MR) is 79.4 cm³/mol. The second-order valence-electron chi connectivity index (χ2n) is 4.07. The standard InChI is InChI=1S/C15H10BrFN2O2/c16-10-3-1-4-11(7-10)19-15(20)9-21-14-6-2-5-13(17)12(14)8-18/h1-7H,9H2,(H,19,20). The third-order valence-corrected chi connectivity index (χ3v) is 3.05. The average molecular weight is 349 g/mol. The van der Waals surface area contributed by atoms with E-state index in [2.05, 4.69) is 21.2 Å². The van der Waals surface area contributed by atoms with E-state index in [1.54, 1.807) is 24.3 Å². The van der Waals surface area contributed by atoms with Gasteiger partial charge >= 0.3 is 0 Å². The first-order valence-corrected chi connectivity index (χ1v) is 6.76. The van der Waals surface area contributed by atoms with Crippen molar-refractivity contribution in [3.8, 4) is 11.8 Å². The van der Waals surface area contributed by atoms with E-state index in [0.717, 1.165) is 10.5 Å². The summed E-state index contributed by atoms with van der Waals surface area (Å²) in [5.74, 6) is -1.04. The number of carbonyl (C=O) groups is 1. The number of anilines is 1. The second kappa shape index (κ2) is 6.86. The van der Waals surface area contributed by atoms with E-state index in [4.69, 9.17) is 10.00 Å². The number of carbonyl (C=O) groups excluding carboxylic acids is 1. The minimum atomic E-state index is -0.678. The highest BCUT2D eigenvalue weighted by atomic mass is 79.9. The fourth-order valence-corrected chi connectivity index (χ4v) is 2.04. The molecule has 0 unspecified atom stereocenters. The van der Waals surface area contributed by atoms with Crippen LogP contribution in [-0.4, -0.2) is 12.5 Å². The normalized spacial score (nSPS) is 9.76. The highest BCUT2D eigenvalue weighted by Gasteiger charge is 2.11. The van der Waals surface area contributed by atoms with Gasteiger partial charge < -0.3 is 10.1 Å². The second-order valence-corrected chi connectivity index (χ2v) is 4.99. The van der Waals surface area contributed by atoms with Crippen molar-refractivity contribution in [3.63, 3.8) is 0 Å². The van der Waals surface area contributed by atoms with Crippen LogP contribution in [0.4, 0.5) is 10.1 Å². The molecule has 0 heterocycles. The highest BCUT2D eigenvalue weighted by molar-refractivity contribution is 9.10. The SMILES string of the molecule is N#Cc1c(F)cccc1OCC(=O)Nc1cccc(Br)c1. The minimum absolute atomic E-state index is 0.0434. The Morgan fingerprint density at radius 1 is 1.33 bits per heavy atom. The van der Waals surface area contributed by atoms with Crippen molar-refractivity contribution in [3.05, 3.63) is 58.3 Å². The number of nitrogens with zero attached hydrogens (tertiary/aromatic N) is 1. The van der Waals surface area contributed by atoms with Crippen LogP contribution in [-0.2, 0) is 4.79 Å². The van der Waals surface area contributed by atoms with Gasteiger partial charge in [-0.3, -0.25) is 4.79 Å². The van der Waals surface area contributed by atoms with E-state index in [9.17, 15) is 9.18 Å². The van der Waals surface area contributed by atoms with Crippen LogP contribution < -0.4 is 10.1 Å². The Morgan fingerprint density at radius 3 is 2.81 bits per heavy atom. The van der Waals surface area contributed by atoms with Gasteiger partial charge in [0.25, 0.3) is 5.91 Å². The van der Waals surface area contributed by atoms with Crippen molar-refractivity contribution < 1.29 is 13.9 Å². The molecule has 2 rings (SSSR count). The van der Waals surface area contributed by atoms with E-state index in [1.807, 2.05) is 6.07 Å². The van der Waals surface area contributed by atoms with Gasteiger partial charge in [-0.2, -0.15) is 5.26 Å². The molecule has 0 aliphatic carbocycles. The smallest absolute Gasteiger partial charge is 0.262 e. The van der Waals surface area contributed by atoms with Crippen LogP contribution in [0.3, 0.4) is 0 Å². The zero-order valence-corrected chi connectivity index (χ0v) is 12.4. The lowest BCUT2D eigenvalue weighted by Crippen LogP contribution is -2.20. The van der Waals surface area contributed by atoms with E-state index < -0.39 is 11.7 Å². The van der Waals surface area contributed by atoms with E-state index in [-0.39, 0.29) is 17.9 Å². The number of ether oxygens (including phenoxy) is 1. The van der Waals surface area contributed by atoms with Gasteiger partial charge in [0.15, 0.2) is 6.61 Å². The maximum absolute atomic E-state index is 13.4. The number of halogens is 2. The molecule has 0 fully saturated rings. The summed E-state index contributed by atoms with van der Waals surface area (Å²) in [5.41, 5.74) is 0.394. The molecule has 0 spiro atoms. The molecule has 0 aromatic heterocycles. The zero-order chi connectivity index (χ0) is 15.2. The van der Waals surface area contributed by atoms with Crippen molar-refractivity contribution in [2.75, 3.05) is 11.9 Å². The Kier molecular flexibility index (Phi) is 4.90. The molecule has 1 amide bonds. The maximum atomic E-state index is 13.4. The summed E-state index contributed by atoms with van der Waals surface area (Å²) in [6, 6.07) is 12.8. The van der Waals surface area contributed by atoms with Crippen LogP contribution in [0.2, 0.25) is 0 Å². The fourth-order valence-electron chi connectivity index (χ4n) is 1.64. The van der Waals surface area contributed by atoms with Crippen LogP contribution >= 0.6 is 15.9 Å². The molecule has 0 saturated heterocycles. The Labute approximate surface area is 129 Å². The van der Waals surface area contributed by atoms with Crippen LogP contribution in [0.1, 0.15) is 5.56 Å². The Morgan fingerprint density at radius 2 is 2.10 bits per heavy atom. The lowest BCUT2D eigenvalue weighted by Gasteiger charge is -2.09. The third kappa shape index (κ3) is 4.04. The van der Waals surface area contributed by atoms with Gasteiger partial charge in [-0.05, 0) is 30.3 Å². The molecule has 4 nitrogen and oxygen atoms in total. The highest BCUT2D eigenvalue weighted by Crippen LogP contribution is 2.20. The largest absolute Gasteiger partial charge is 0.482 e. The molecule has 6 heteroatoms. The minimum Gasteiger partial charge on any atom is -0.482 e. The summed E-state index contributed by atoms with van der Waals surface area (Å²) in [4.78, 5) is 11.8. The van der Waals surface area contributed by atoms with Gasteiger partial charge in [-0.25, -0.2) is 4.39 Å². The van der Waals surface area contributed by atoms with Crippen LogP contribution in [0.25, 0.3) is 0 Å². The summed E-state index contributed by atoms with van der Waals surface area (Å²) < 4.78 is 19.4. The van der Waals surface area contributed by atoms with Gasteiger partial charge in [0, 0.05) is 10.2 Å². The molecule has 2 aromatic carbocycles. The molecular weight excluding hydrogens is 339 g/mol. The third-order valence-electron chi connectivity index (χ3n) is 2.55. The van der Waals surface area contributed by atoms with Crippen molar-refractivity contribution in [1.29, 1.82) is 5.26 Å².